The lowest BCUT2D eigenvalue weighted by atomic mass is 10.1. The van der Waals surface area contributed by atoms with Crippen molar-refractivity contribution >= 4 is 0 Å². The smallest absolute Gasteiger partial charge is 0.119 e. The number of nitrogens with one attached hydrogen (secondary N) is 1. The second kappa shape index (κ2) is 8.11. The van der Waals surface area contributed by atoms with Crippen LogP contribution >= 0.6 is 0 Å². The monoisotopic (exact) mass is 251 g/mol. The van der Waals surface area contributed by atoms with E-state index in [4.69, 9.17) is 9.47 Å². The molecule has 0 saturated heterocycles. The van der Waals surface area contributed by atoms with Crippen molar-refractivity contribution in [2.24, 2.45) is 5.92 Å². The molecule has 1 atom stereocenters. The van der Waals surface area contributed by atoms with E-state index in [1.807, 2.05) is 19.2 Å². The Hall–Kier alpha value is -1.06. The summed E-state index contributed by atoms with van der Waals surface area (Å²) in [4.78, 5) is 0. The van der Waals surface area contributed by atoms with Crippen molar-refractivity contribution in [2.45, 2.75) is 26.3 Å². The molecule has 3 heteroatoms. The van der Waals surface area contributed by atoms with Crippen LogP contribution in [0.1, 0.15) is 19.4 Å². The summed E-state index contributed by atoms with van der Waals surface area (Å²) < 4.78 is 10.8. The fraction of sp³-hybridized carbons (Fsp3) is 0.600. The van der Waals surface area contributed by atoms with Crippen LogP contribution in [-0.2, 0) is 11.2 Å². The van der Waals surface area contributed by atoms with Crippen LogP contribution in [0.3, 0.4) is 0 Å². The molecule has 18 heavy (non-hydrogen) atoms. The first-order chi connectivity index (χ1) is 8.67. The molecule has 0 radical (unpaired) electrons. The Kier molecular flexibility index (Phi) is 6.76. The Bertz CT molecular complexity index is 322. The van der Waals surface area contributed by atoms with E-state index in [2.05, 4.69) is 31.3 Å². The molecule has 1 rings (SSSR count). The van der Waals surface area contributed by atoms with Crippen molar-refractivity contribution in [3.8, 4) is 5.75 Å². The molecule has 3 nitrogen and oxygen atoms in total. The van der Waals surface area contributed by atoms with E-state index in [0.717, 1.165) is 18.8 Å². The number of hydrogen-bond acceptors (Lipinski definition) is 3. The van der Waals surface area contributed by atoms with E-state index in [1.165, 1.54) is 5.56 Å². The zero-order valence-corrected chi connectivity index (χ0v) is 11.9. The van der Waals surface area contributed by atoms with Crippen molar-refractivity contribution < 1.29 is 9.47 Å². The number of methoxy groups -OCH3 is 1. The van der Waals surface area contributed by atoms with E-state index in [9.17, 15) is 0 Å². The largest absolute Gasteiger partial charge is 0.492 e. The molecule has 0 amide bonds. The van der Waals surface area contributed by atoms with E-state index in [-0.39, 0.29) is 0 Å². The third-order valence-corrected chi connectivity index (χ3v) is 3.12. The molecule has 0 bridgehead atoms. The lowest BCUT2D eigenvalue weighted by Gasteiger charge is -2.20. The fourth-order valence-corrected chi connectivity index (χ4v) is 1.77. The minimum atomic E-state index is 0.387. The topological polar surface area (TPSA) is 30.5 Å². The van der Waals surface area contributed by atoms with Gasteiger partial charge in [-0.1, -0.05) is 26.0 Å². The van der Waals surface area contributed by atoms with Gasteiger partial charge in [0, 0.05) is 13.2 Å². The molecule has 0 aromatic heterocycles. The molecule has 0 aliphatic carbocycles. The average Bonchev–Trinajstić information content (AvgIpc) is 2.38. The van der Waals surface area contributed by atoms with Gasteiger partial charge in [-0.3, -0.25) is 0 Å². The van der Waals surface area contributed by atoms with Crippen LogP contribution in [0.5, 0.6) is 5.75 Å². The van der Waals surface area contributed by atoms with Crippen LogP contribution in [0.2, 0.25) is 0 Å². The standard InChI is InChI=1S/C15H25NO2/c1-12(2)15(16-3)11-18-14-7-5-13(6-8-14)9-10-17-4/h5-8,12,15-16H,9-11H2,1-4H3. The highest BCUT2D eigenvalue weighted by molar-refractivity contribution is 5.27. The second-order valence-electron chi connectivity index (χ2n) is 4.84. The zero-order valence-electron chi connectivity index (χ0n) is 11.9. The van der Waals surface area contributed by atoms with E-state index in [1.54, 1.807) is 7.11 Å². The van der Waals surface area contributed by atoms with Gasteiger partial charge < -0.3 is 14.8 Å². The Morgan fingerprint density at radius 2 is 1.83 bits per heavy atom. The maximum absolute atomic E-state index is 5.79. The van der Waals surface area contributed by atoms with Gasteiger partial charge in [0.25, 0.3) is 0 Å². The first-order valence-corrected chi connectivity index (χ1v) is 6.55. The summed E-state index contributed by atoms with van der Waals surface area (Å²) in [6.45, 7) is 5.84. The van der Waals surface area contributed by atoms with Crippen molar-refractivity contribution in [1.82, 2.24) is 5.32 Å². The molecule has 102 valence electrons. The third-order valence-electron chi connectivity index (χ3n) is 3.12. The summed E-state index contributed by atoms with van der Waals surface area (Å²) in [6, 6.07) is 8.63. The van der Waals surface area contributed by atoms with E-state index < -0.39 is 0 Å². The minimum Gasteiger partial charge on any atom is -0.492 e. The summed E-state index contributed by atoms with van der Waals surface area (Å²) in [5.41, 5.74) is 1.28. The molecular formula is C15H25NO2. The molecule has 0 heterocycles. The summed E-state index contributed by atoms with van der Waals surface area (Å²) in [6.07, 6.45) is 0.946. The van der Waals surface area contributed by atoms with Gasteiger partial charge >= 0.3 is 0 Å². The summed E-state index contributed by atoms with van der Waals surface area (Å²) >= 11 is 0. The number of likely N-dealkylation sites (N-methyl/N-ethyl adjacent to an activating group) is 1. The molecule has 1 aromatic rings. The second-order valence-corrected chi connectivity index (χ2v) is 4.84. The minimum absolute atomic E-state index is 0.387. The molecular weight excluding hydrogens is 226 g/mol. The Morgan fingerprint density at radius 3 is 2.33 bits per heavy atom. The molecule has 1 aromatic carbocycles. The number of hydrogen-bond donors (Lipinski definition) is 1. The van der Waals surface area contributed by atoms with Crippen LogP contribution < -0.4 is 10.1 Å². The Balaban J connectivity index is 2.43. The molecule has 0 aliphatic heterocycles. The number of rotatable bonds is 8. The van der Waals surface area contributed by atoms with E-state index in [0.29, 0.717) is 18.6 Å². The molecule has 1 N–H and O–H groups in total. The molecule has 0 aliphatic rings. The van der Waals surface area contributed by atoms with Gasteiger partial charge in [-0.2, -0.15) is 0 Å². The van der Waals surface area contributed by atoms with Crippen LogP contribution in [0.15, 0.2) is 24.3 Å². The van der Waals surface area contributed by atoms with Crippen molar-refractivity contribution in [3.05, 3.63) is 29.8 Å². The van der Waals surface area contributed by atoms with Gasteiger partial charge in [-0.15, -0.1) is 0 Å². The van der Waals surface area contributed by atoms with Gasteiger partial charge in [-0.25, -0.2) is 0 Å². The summed E-state index contributed by atoms with van der Waals surface area (Å²) in [7, 11) is 3.70. The number of benzene rings is 1. The van der Waals surface area contributed by atoms with Gasteiger partial charge in [0.2, 0.25) is 0 Å². The van der Waals surface area contributed by atoms with Gasteiger partial charge in [-0.05, 0) is 37.1 Å². The zero-order chi connectivity index (χ0) is 13.4. The fourth-order valence-electron chi connectivity index (χ4n) is 1.77. The first-order valence-electron chi connectivity index (χ1n) is 6.55. The Morgan fingerprint density at radius 1 is 1.17 bits per heavy atom. The predicted octanol–water partition coefficient (Wildman–Crippen LogP) is 2.50. The molecule has 0 spiro atoms. The lowest BCUT2D eigenvalue weighted by Crippen LogP contribution is -2.36. The highest BCUT2D eigenvalue weighted by Gasteiger charge is 2.11. The Labute approximate surface area is 110 Å². The van der Waals surface area contributed by atoms with Crippen LogP contribution in [0.4, 0.5) is 0 Å². The van der Waals surface area contributed by atoms with Crippen LogP contribution in [0, 0.1) is 5.92 Å². The third kappa shape index (κ3) is 5.07. The summed E-state index contributed by atoms with van der Waals surface area (Å²) in [5, 5.41) is 3.27. The molecule has 0 fully saturated rings. The molecule has 0 saturated carbocycles. The average molecular weight is 251 g/mol. The summed E-state index contributed by atoms with van der Waals surface area (Å²) in [5.74, 6) is 1.49. The van der Waals surface area contributed by atoms with Crippen molar-refractivity contribution in [2.75, 3.05) is 27.4 Å². The maximum Gasteiger partial charge on any atom is 0.119 e. The predicted molar refractivity (Wildman–Crippen MR) is 75.2 cm³/mol. The highest BCUT2D eigenvalue weighted by Crippen LogP contribution is 2.14. The van der Waals surface area contributed by atoms with Crippen LogP contribution in [0.25, 0.3) is 0 Å². The quantitative estimate of drug-likeness (QED) is 0.770. The number of ether oxygens (including phenoxy) is 2. The SMILES string of the molecule is CNC(COc1ccc(CCOC)cc1)C(C)C. The molecule has 1 unspecified atom stereocenters. The van der Waals surface area contributed by atoms with Gasteiger partial charge in [0.15, 0.2) is 0 Å². The lowest BCUT2D eigenvalue weighted by molar-refractivity contribution is 0.202. The van der Waals surface area contributed by atoms with Gasteiger partial charge in [0.1, 0.15) is 12.4 Å². The van der Waals surface area contributed by atoms with Crippen LogP contribution in [-0.4, -0.2) is 33.4 Å². The van der Waals surface area contributed by atoms with Crippen molar-refractivity contribution in [3.63, 3.8) is 0 Å². The normalized spacial score (nSPS) is 12.7. The maximum atomic E-state index is 5.79. The van der Waals surface area contributed by atoms with E-state index >= 15 is 0 Å². The first kappa shape index (κ1) is 15.0. The van der Waals surface area contributed by atoms with Gasteiger partial charge in [0.05, 0.1) is 6.61 Å². The highest BCUT2D eigenvalue weighted by atomic mass is 16.5. The van der Waals surface area contributed by atoms with Crippen molar-refractivity contribution in [1.29, 1.82) is 0 Å².